The van der Waals surface area contributed by atoms with E-state index in [4.69, 9.17) is 9.84 Å². The summed E-state index contributed by atoms with van der Waals surface area (Å²) in [6.07, 6.45) is 1.79. The van der Waals surface area contributed by atoms with E-state index in [0.717, 1.165) is 5.56 Å². The maximum atomic E-state index is 14.6. The van der Waals surface area contributed by atoms with Gasteiger partial charge in [0.05, 0.1) is 12.6 Å². The van der Waals surface area contributed by atoms with Crippen molar-refractivity contribution in [3.8, 4) is 5.88 Å². The molecule has 6 heteroatoms. The average Bonchev–Trinajstić information content (AvgIpc) is 2.57. The van der Waals surface area contributed by atoms with Crippen LogP contribution in [0.3, 0.4) is 0 Å². The van der Waals surface area contributed by atoms with Crippen molar-refractivity contribution in [2.24, 2.45) is 0 Å². The van der Waals surface area contributed by atoms with E-state index in [1.807, 2.05) is 0 Å². The molecular weight excluding hydrogens is 299 g/mol. The van der Waals surface area contributed by atoms with Crippen LogP contribution in [0.25, 0.3) is 10.9 Å². The Morgan fingerprint density at radius 1 is 1.26 bits per heavy atom. The van der Waals surface area contributed by atoms with Crippen LogP contribution in [0.5, 0.6) is 5.88 Å². The van der Waals surface area contributed by atoms with E-state index in [1.165, 1.54) is 7.11 Å². The molecule has 3 aromatic rings. The van der Waals surface area contributed by atoms with Gasteiger partial charge in [0.15, 0.2) is 11.5 Å². The zero-order valence-electron chi connectivity index (χ0n) is 12.3. The van der Waals surface area contributed by atoms with Crippen LogP contribution in [-0.2, 0) is 6.42 Å². The van der Waals surface area contributed by atoms with Crippen molar-refractivity contribution in [2.75, 3.05) is 7.11 Å². The summed E-state index contributed by atoms with van der Waals surface area (Å²) in [4.78, 5) is 19.2. The van der Waals surface area contributed by atoms with E-state index in [-0.39, 0.29) is 6.42 Å². The minimum Gasteiger partial charge on any atom is -0.481 e. The van der Waals surface area contributed by atoms with Crippen LogP contribution in [0.4, 0.5) is 4.39 Å². The fourth-order valence-electron chi connectivity index (χ4n) is 2.41. The lowest BCUT2D eigenvalue weighted by Crippen LogP contribution is -2.09. The average molecular weight is 312 g/mol. The number of methoxy groups -OCH3 is 1. The number of para-hydroxylation sites is 1. The second kappa shape index (κ2) is 6.00. The molecule has 0 spiro atoms. The van der Waals surface area contributed by atoms with Crippen molar-refractivity contribution < 1.29 is 19.0 Å². The van der Waals surface area contributed by atoms with Crippen molar-refractivity contribution in [3.05, 3.63) is 65.2 Å². The van der Waals surface area contributed by atoms with Gasteiger partial charge in [0, 0.05) is 29.6 Å². The van der Waals surface area contributed by atoms with Crippen LogP contribution in [0.1, 0.15) is 21.6 Å². The Morgan fingerprint density at radius 3 is 2.70 bits per heavy atom. The number of carbonyl (C=O) groups is 1. The molecule has 5 nitrogen and oxygen atoms in total. The number of rotatable bonds is 4. The summed E-state index contributed by atoms with van der Waals surface area (Å²) in [5.74, 6) is -1.74. The second-order valence-electron chi connectivity index (χ2n) is 4.96. The van der Waals surface area contributed by atoms with Crippen LogP contribution in [0.15, 0.2) is 42.6 Å². The lowest BCUT2D eigenvalue weighted by Gasteiger charge is -2.10. The Morgan fingerprint density at radius 2 is 2.04 bits per heavy atom. The molecule has 1 aromatic carbocycles. The monoisotopic (exact) mass is 312 g/mol. The quantitative estimate of drug-likeness (QED) is 0.801. The molecule has 0 radical (unpaired) electrons. The van der Waals surface area contributed by atoms with E-state index >= 15 is 0 Å². The summed E-state index contributed by atoms with van der Waals surface area (Å²) in [5.41, 5.74) is 0.917. The third-order valence-electron chi connectivity index (χ3n) is 3.52. The van der Waals surface area contributed by atoms with E-state index < -0.39 is 17.5 Å². The maximum Gasteiger partial charge on any atom is 0.357 e. The molecule has 0 fully saturated rings. The van der Waals surface area contributed by atoms with Gasteiger partial charge in [0.25, 0.3) is 0 Å². The predicted octanol–water partition coefficient (Wildman–Crippen LogP) is 3.07. The first kappa shape index (κ1) is 14.9. The molecule has 2 aromatic heterocycles. The Kier molecular flexibility index (Phi) is 3.89. The number of aromatic carboxylic acids is 1. The molecule has 0 aliphatic rings. The Balaban J connectivity index is 2.14. The molecule has 0 bridgehead atoms. The zero-order valence-corrected chi connectivity index (χ0v) is 12.3. The normalized spacial score (nSPS) is 10.7. The van der Waals surface area contributed by atoms with Gasteiger partial charge in [-0.05, 0) is 11.6 Å². The molecule has 0 unspecified atom stereocenters. The van der Waals surface area contributed by atoms with Gasteiger partial charge in [0.1, 0.15) is 0 Å². The number of pyridine rings is 2. The lowest BCUT2D eigenvalue weighted by molar-refractivity contribution is 0.0685. The topological polar surface area (TPSA) is 72.3 Å². The first-order valence-electron chi connectivity index (χ1n) is 6.89. The smallest absolute Gasteiger partial charge is 0.357 e. The van der Waals surface area contributed by atoms with Gasteiger partial charge in [-0.2, -0.15) is 0 Å². The first-order valence-corrected chi connectivity index (χ1v) is 6.89. The highest BCUT2D eigenvalue weighted by atomic mass is 19.1. The fraction of sp³-hybridized carbons (Fsp3) is 0.118. The summed E-state index contributed by atoms with van der Waals surface area (Å²) in [6, 6.07) is 10.3. The van der Waals surface area contributed by atoms with Gasteiger partial charge < -0.3 is 9.84 Å². The highest BCUT2D eigenvalue weighted by molar-refractivity contribution is 5.92. The lowest BCUT2D eigenvalue weighted by atomic mass is 10.0. The SMILES string of the molecule is COc1ccc(Cc2c(F)c(C(=O)O)nc3ccccc23)cn1. The van der Waals surface area contributed by atoms with Gasteiger partial charge in [-0.25, -0.2) is 19.2 Å². The van der Waals surface area contributed by atoms with Crippen molar-refractivity contribution in [1.82, 2.24) is 9.97 Å². The Bertz CT molecular complexity index is 879. The number of nitrogens with zero attached hydrogens (tertiary/aromatic N) is 2. The fourth-order valence-corrected chi connectivity index (χ4v) is 2.41. The van der Waals surface area contributed by atoms with Crippen LogP contribution in [-0.4, -0.2) is 28.2 Å². The van der Waals surface area contributed by atoms with E-state index in [0.29, 0.717) is 22.3 Å². The minimum absolute atomic E-state index is 0.214. The molecule has 3 rings (SSSR count). The number of carboxylic acid groups (broad SMARTS) is 1. The molecule has 2 heterocycles. The number of hydrogen-bond acceptors (Lipinski definition) is 4. The number of carboxylic acids is 1. The van der Waals surface area contributed by atoms with Crippen LogP contribution < -0.4 is 4.74 Å². The number of halogens is 1. The van der Waals surface area contributed by atoms with Crippen LogP contribution >= 0.6 is 0 Å². The molecular formula is C17H13FN2O3. The molecule has 0 aliphatic carbocycles. The molecule has 0 saturated carbocycles. The molecule has 0 aliphatic heterocycles. The second-order valence-corrected chi connectivity index (χ2v) is 4.96. The van der Waals surface area contributed by atoms with Gasteiger partial charge in [0.2, 0.25) is 5.88 Å². The number of hydrogen-bond donors (Lipinski definition) is 1. The number of ether oxygens (including phenoxy) is 1. The third-order valence-corrected chi connectivity index (χ3v) is 3.52. The summed E-state index contributed by atoms with van der Waals surface area (Å²) in [6.45, 7) is 0. The number of aromatic nitrogens is 2. The summed E-state index contributed by atoms with van der Waals surface area (Å²) in [5, 5.41) is 9.74. The molecule has 23 heavy (non-hydrogen) atoms. The van der Waals surface area contributed by atoms with Gasteiger partial charge in [-0.1, -0.05) is 24.3 Å². The van der Waals surface area contributed by atoms with Crippen LogP contribution in [0.2, 0.25) is 0 Å². The Labute approximate surface area is 131 Å². The van der Waals surface area contributed by atoms with Gasteiger partial charge >= 0.3 is 5.97 Å². The highest BCUT2D eigenvalue weighted by Gasteiger charge is 2.20. The summed E-state index contributed by atoms with van der Waals surface area (Å²) >= 11 is 0. The van der Waals surface area contributed by atoms with Crippen molar-refractivity contribution >= 4 is 16.9 Å². The Hall–Kier alpha value is -3.02. The molecule has 0 saturated heterocycles. The maximum absolute atomic E-state index is 14.6. The molecule has 116 valence electrons. The third kappa shape index (κ3) is 2.83. The van der Waals surface area contributed by atoms with Crippen molar-refractivity contribution in [1.29, 1.82) is 0 Å². The van der Waals surface area contributed by atoms with Crippen molar-refractivity contribution in [3.63, 3.8) is 0 Å². The van der Waals surface area contributed by atoms with Gasteiger partial charge in [-0.3, -0.25) is 0 Å². The van der Waals surface area contributed by atoms with Crippen LogP contribution in [0, 0.1) is 5.82 Å². The number of fused-ring (bicyclic) bond motifs is 1. The minimum atomic E-state index is -1.39. The van der Waals surface area contributed by atoms with E-state index in [9.17, 15) is 9.18 Å². The molecule has 0 amide bonds. The molecule has 0 atom stereocenters. The van der Waals surface area contributed by atoms with Gasteiger partial charge in [-0.15, -0.1) is 0 Å². The summed E-state index contributed by atoms with van der Waals surface area (Å²) in [7, 11) is 1.51. The standard InChI is InChI=1S/C17H13FN2O3/c1-23-14-7-6-10(9-19-14)8-12-11-4-2-3-5-13(11)20-16(15(12)18)17(21)22/h2-7,9H,8H2,1H3,(H,21,22). The zero-order chi connectivity index (χ0) is 16.4. The largest absolute Gasteiger partial charge is 0.481 e. The van der Waals surface area contributed by atoms with E-state index in [2.05, 4.69) is 9.97 Å². The predicted molar refractivity (Wildman–Crippen MR) is 82.3 cm³/mol. The van der Waals surface area contributed by atoms with Crippen molar-refractivity contribution in [2.45, 2.75) is 6.42 Å². The van der Waals surface area contributed by atoms with E-state index in [1.54, 1.807) is 42.6 Å². The molecule has 1 N–H and O–H groups in total. The first-order chi connectivity index (χ1) is 11.1. The highest BCUT2D eigenvalue weighted by Crippen LogP contribution is 2.25. The number of benzene rings is 1. The summed E-state index contributed by atoms with van der Waals surface area (Å²) < 4.78 is 19.6.